The van der Waals surface area contributed by atoms with Crippen LogP contribution in [-0.2, 0) is 4.79 Å². The molecule has 0 heterocycles. The maximum absolute atomic E-state index is 11.2. The van der Waals surface area contributed by atoms with E-state index >= 15 is 0 Å². The van der Waals surface area contributed by atoms with Crippen molar-refractivity contribution < 1.29 is 4.79 Å². The van der Waals surface area contributed by atoms with Crippen LogP contribution >= 0.6 is 0 Å². The highest BCUT2D eigenvalue weighted by Gasteiger charge is 2.29. The van der Waals surface area contributed by atoms with E-state index in [-0.39, 0.29) is 5.91 Å². The third-order valence-electron chi connectivity index (χ3n) is 2.23. The Kier molecular flexibility index (Phi) is 3.53. The summed E-state index contributed by atoms with van der Waals surface area (Å²) in [6.07, 6.45) is 3.15. The lowest BCUT2D eigenvalue weighted by atomic mass is 10.1. The Bertz CT molecular complexity index is 155. The van der Waals surface area contributed by atoms with Gasteiger partial charge in [-0.05, 0) is 31.7 Å². The first kappa shape index (κ1) is 9.52. The van der Waals surface area contributed by atoms with Crippen LogP contribution in [0.25, 0.3) is 0 Å². The van der Waals surface area contributed by atoms with Crippen LogP contribution in [0.5, 0.6) is 0 Å². The molecule has 3 heteroatoms. The summed E-state index contributed by atoms with van der Waals surface area (Å²) < 4.78 is 0. The number of carbonyl (C=O) groups excluding carboxylic acids is 1. The second kappa shape index (κ2) is 4.45. The minimum Gasteiger partial charge on any atom is -0.356 e. The van der Waals surface area contributed by atoms with Gasteiger partial charge in [0.25, 0.3) is 0 Å². The molecule has 0 aromatic rings. The van der Waals surface area contributed by atoms with Gasteiger partial charge in [-0.2, -0.15) is 0 Å². The van der Waals surface area contributed by atoms with Crippen LogP contribution in [0.1, 0.15) is 26.2 Å². The summed E-state index contributed by atoms with van der Waals surface area (Å²) >= 11 is 0. The summed E-state index contributed by atoms with van der Waals surface area (Å²) in [7, 11) is 0. The van der Waals surface area contributed by atoms with Crippen LogP contribution in [0.3, 0.4) is 0 Å². The van der Waals surface area contributed by atoms with Crippen LogP contribution < -0.4 is 11.1 Å². The van der Waals surface area contributed by atoms with Gasteiger partial charge in [0, 0.05) is 12.5 Å². The molecule has 0 aromatic carbocycles. The van der Waals surface area contributed by atoms with E-state index in [4.69, 9.17) is 5.73 Å². The van der Waals surface area contributed by atoms with Gasteiger partial charge < -0.3 is 11.1 Å². The smallest absolute Gasteiger partial charge is 0.223 e. The van der Waals surface area contributed by atoms with Crippen molar-refractivity contribution in [1.29, 1.82) is 0 Å². The summed E-state index contributed by atoms with van der Waals surface area (Å²) in [4.78, 5) is 11.2. The molecule has 0 bridgehead atoms. The highest BCUT2D eigenvalue weighted by atomic mass is 16.2. The molecule has 1 aliphatic rings. The molecule has 0 spiro atoms. The Hall–Kier alpha value is -0.570. The molecule has 1 atom stereocenters. The monoisotopic (exact) mass is 170 g/mol. The Morgan fingerprint density at radius 3 is 2.83 bits per heavy atom. The fourth-order valence-corrected chi connectivity index (χ4v) is 1.15. The largest absolute Gasteiger partial charge is 0.356 e. The van der Waals surface area contributed by atoms with Crippen molar-refractivity contribution in [2.75, 3.05) is 13.1 Å². The zero-order valence-electron chi connectivity index (χ0n) is 7.68. The van der Waals surface area contributed by atoms with Crippen molar-refractivity contribution in [3.63, 3.8) is 0 Å². The molecule has 1 unspecified atom stereocenters. The van der Waals surface area contributed by atoms with E-state index in [1.54, 1.807) is 0 Å². The van der Waals surface area contributed by atoms with E-state index in [2.05, 4.69) is 12.2 Å². The van der Waals surface area contributed by atoms with Crippen molar-refractivity contribution >= 4 is 5.91 Å². The number of rotatable bonds is 5. The van der Waals surface area contributed by atoms with Crippen LogP contribution in [0.4, 0.5) is 0 Å². The zero-order valence-corrected chi connectivity index (χ0v) is 7.68. The zero-order chi connectivity index (χ0) is 8.97. The van der Waals surface area contributed by atoms with Crippen LogP contribution in [0, 0.1) is 11.8 Å². The van der Waals surface area contributed by atoms with E-state index in [9.17, 15) is 4.79 Å². The third kappa shape index (κ3) is 3.22. The lowest BCUT2D eigenvalue weighted by Gasteiger charge is -2.10. The second-order valence-electron chi connectivity index (χ2n) is 3.70. The van der Waals surface area contributed by atoms with Gasteiger partial charge in [-0.1, -0.05) is 6.92 Å². The lowest BCUT2D eigenvalue weighted by molar-refractivity contribution is -0.122. The molecule has 0 saturated heterocycles. The average Bonchev–Trinajstić information content (AvgIpc) is 2.83. The van der Waals surface area contributed by atoms with E-state index in [0.717, 1.165) is 25.8 Å². The fourth-order valence-electron chi connectivity index (χ4n) is 1.15. The minimum absolute atomic E-state index is 0.235. The van der Waals surface area contributed by atoms with Gasteiger partial charge >= 0.3 is 0 Å². The van der Waals surface area contributed by atoms with Crippen LogP contribution in [-0.4, -0.2) is 19.0 Å². The second-order valence-corrected chi connectivity index (χ2v) is 3.70. The number of hydrogen-bond acceptors (Lipinski definition) is 2. The van der Waals surface area contributed by atoms with Gasteiger partial charge in [0.2, 0.25) is 5.91 Å². The topological polar surface area (TPSA) is 55.1 Å². The van der Waals surface area contributed by atoms with Gasteiger partial charge in [0.15, 0.2) is 0 Å². The molecule has 3 nitrogen and oxygen atoms in total. The van der Waals surface area contributed by atoms with Gasteiger partial charge in [-0.3, -0.25) is 4.79 Å². The highest BCUT2D eigenvalue weighted by molar-refractivity contribution is 5.80. The normalized spacial score (nSPS) is 18.8. The maximum atomic E-state index is 11.2. The van der Waals surface area contributed by atoms with E-state index in [0.29, 0.717) is 18.4 Å². The summed E-state index contributed by atoms with van der Waals surface area (Å²) in [5, 5.41) is 2.93. The van der Waals surface area contributed by atoms with Gasteiger partial charge in [-0.15, -0.1) is 0 Å². The Labute approximate surface area is 73.7 Å². The quantitative estimate of drug-likeness (QED) is 0.631. The predicted octanol–water partition coefficient (Wildman–Crippen LogP) is 0.497. The van der Waals surface area contributed by atoms with Gasteiger partial charge in [0.05, 0.1) is 0 Å². The first-order valence-electron chi connectivity index (χ1n) is 4.71. The SMILES string of the molecule is CC(CCN)CNC(=O)C1CC1. The number of hydrogen-bond donors (Lipinski definition) is 2. The Morgan fingerprint density at radius 2 is 2.33 bits per heavy atom. The van der Waals surface area contributed by atoms with Crippen molar-refractivity contribution in [3.05, 3.63) is 0 Å². The molecule has 12 heavy (non-hydrogen) atoms. The summed E-state index contributed by atoms with van der Waals surface area (Å²) in [5.74, 6) is 1.08. The van der Waals surface area contributed by atoms with Crippen molar-refractivity contribution in [1.82, 2.24) is 5.32 Å². The summed E-state index contributed by atoms with van der Waals surface area (Å²) in [6, 6.07) is 0. The van der Waals surface area contributed by atoms with E-state index < -0.39 is 0 Å². The van der Waals surface area contributed by atoms with Gasteiger partial charge in [-0.25, -0.2) is 0 Å². The Morgan fingerprint density at radius 1 is 1.67 bits per heavy atom. The minimum atomic E-state index is 0.235. The number of nitrogens with two attached hydrogens (primary N) is 1. The molecular weight excluding hydrogens is 152 g/mol. The molecule has 1 aliphatic carbocycles. The fraction of sp³-hybridized carbons (Fsp3) is 0.889. The lowest BCUT2D eigenvalue weighted by Crippen LogP contribution is -2.30. The molecule has 1 fully saturated rings. The number of amides is 1. The number of nitrogens with one attached hydrogen (secondary N) is 1. The molecule has 0 aliphatic heterocycles. The first-order chi connectivity index (χ1) is 5.74. The molecule has 1 rings (SSSR count). The van der Waals surface area contributed by atoms with E-state index in [1.165, 1.54) is 0 Å². The molecule has 0 radical (unpaired) electrons. The van der Waals surface area contributed by atoms with Crippen LogP contribution in [0.15, 0.2) is 0 Å². The molecule has 3 N–H and O–H groups in total. The first-order valence-corrected chi connectivity index (χ1v) is 4.71. The van der Waals surface area contributed by atoms with Crippen molar-refractivity contribution in [3.8, 4) is 0 Å². The highest BCUT2D eigenvalue weighted by Crippen LogP contribution is 2.28. The molecular formula is C9H18N2O. The van der Waals surface area contributed by atoms with Gasteiger partial charge in [0.1, 0.15) is 0 Å². The molecule has 0 aromatic heterocycles. The number of carbonyl (C=O) groups is 1. The van der Waals surface area contributed by atoms with Crippen LogP contribution in [0.2, 0.25) is 0 Å². The molecule has 70 valence electrons. The standard InChI is InChI=1S/C9H18N2O/c1-7(4-5-10)6-11-9(12)8-2-3-8/h7-8H,2-6,10H2,1H3,(H,11,12). The Balaban J connectivity index is 2.03. The van der Waals surface area contributed by atoms with Crippen molar-refractivity contribution in [2.24, 2.45) is 17.6 Å². The summed E-state index contributed by atoms with van der Waals surface area (Å²) in [6.45, 7) is 3.60. The molecule has 1 saturated carbocycles. The predicted molar refractivity (Wildman–Crippen MR) is 48.6 cm³/mol. The van der Waals surface area contributed by atoms with E-state index in [1.807, 2.05) is 0 Å². The maximum Gasteiger partial charge on any atom is 0.223 e. The summed E-state index contributed by atoms with van der Waals surface area (Å²) in [5.41, 5.74) is 5.40. The molecule has 1 amide bonds. The third-order valence-corrected chi connectivity index (χ3v) is 2.23. The average molecular weight is 170 g/mol. The van der Waals surface area contributed by atoms with Crippen molar-refractivity contribution in [2.45, 2.75) is 26.2 Å².